The molecular weight excluding hydrogens is 296 g/mol. The molecule has 0 unspecified atom stereocenters. The number of methoxy groups -OCH3 is 1. The van der Waals surface area contributed by atoms with E-state index in [0.717, 1.165) is 24.0 Å². The Morgan fingerprint density at radius 2 is 1.83 bits per heavy atom. The predicted octanol–water partition coefficient (Wildman–Crippen LogP) is 1.92. The van der Waals surface area contributed by atoms with Crippen LogP contribution in [0.15, 0.2) is 42.5 Å². The number of aryl methyl sites for hydroxylation is 2. The number of aliphatic hydroxyl groups excluding tert-OH is 2. The second kappa shape index (κ2) is 8.41. The molecule has 5 heteroatoms. The van der Waals surface area contributed by atoms with Gasteiger partial charge in [0.05, 0.1) is 13.7 Å². The quantitative estimate of drug-likeness (QED) is 0.693. The van der Waals surface area contributed by atoms with Gasteiger partial charge in [-0.3, -0.25) is 0 Å². The summed E-state index contributed by atoms with van der Waals surface area (Å²) in [4.78, 5) is 0. The first-order chi connectivity index (χ1) is 11.1. The van der Waals surface area contributed by atoms with Crippen molar-refractivity contribution < 1.29 is 24.8 Å². The van der Waals surface area contributed by atoms with E-state index >= 15 is 0 Å². The van der Waals surface area contributed by atoms with E-state index in [-0.39, 0.29) is 19.0 Å². The number of rotatable bonds is 8. The van der Waals surface area contributed by atoms with Crippen LogP contribution in [0.4, 0.5) is 0 Å². The molecule has 0 radical (unpaired) electrons. The standard InChI is InChI=1S/C18H22O5/c1-22-18-10-13(7-9-16(18)21)6-8-14-4-2-3-5-17(14)23-12-15(20)11-19/h2-5,7,9-10,15,19-21H,6,8,11-12H2,1H3/t15-/m0/s1. The monoisotopic (exact) mass is 318 g/mol. The lowest BCUT2D eigenvalue weighted by Crippen LogP contribution is -2.21. The number of para-hydroxylation sites is 1. The molecule has 2 aromatic rings. The molecule has 0 aliphatic rings. The lowest BCUT2D eigenvalue weighted by atomic mass is 10.0. The molecule has 3 N–H and O–H groups in total. The molecule has 1 atom stereocenters. The minimum Gasteiger partial charge on any atom is -0.504 e. The Balaban J connectivity index is 2.03. The van der Waals surface area contributed by atoms with Gasteiger partial charge in [-0.25, -0.2) is 0 Å². The highest BCUT2D eigenvalue weighted by molar-refractivity contribution is 5.42. The van der Waals surface area contributed by atoms with Gasteiger partial charge in [-0.2, -0.15) is 0 Å². The van der Waals surface area contributed by atoms with Crippen LogP contribution in [-0.2, 0) is 12.8 Å². The molecule has 0 bridgehead atoms. The molecule has 2 aromatic carbocycles. The van der Waals surface area contributed by atoms with Crippen LogP contribution < -0.4 is 9.47 Å². The highest BCUT2D eigenvalue weighted by atomic mass is 16.5. The number of aromatic hydroxyl groups is 1. The van der Waals surface area contributed by atoms with Crippen molar-refractivity contribution in [3.05, 3.63) is 53.6 Å². The van der Waals surface area contributed by atoms with E-state index in [1.807, 2.05) is 36.4 Å². The second-order valence-corrected chi connectivity index (χ2v) is 5.26. The third-order valence-electron chi connectivity index (χ3n) is 3.54. The summed E-state index contributed by atoms with van der Waals surface area (Å²) in [6.07, 6.45) is 0.628. The number of hydrogen-bond acceptors (Lipinski definition) is 5. The Kier molecular flexibility index (Phi) is 6.26. The van der Waals surface area contributed by atoms with Crippen LogP contribution >= 0.6 is 0 Å². The maximum absolute atomic E-state index is 9.62. The van der Waals surface area contributed by atoms with E-state index in [4.69, 9.17) is 14.6 Å². The first-order valence-electron chi connectivity index (χ1n) is 7.49. The van der Waals surface area contributed by atoms with Gasteiger partial charge in [-0.05, 0) is 42.2 Å². The van der Waals surface area contributed by atoms with Gasteiger partial charge >= 0.3 is 0 Å². The average Bonchev–Trinajstić information content (AvgIpc) is 2.59. The van der Waals surface area contributed by atoms with Crippen LogP contribution in [-0.4, -0.2) is 41.7 Å². The number of phenols is 1. The summed E-state index contributed by atoms with van der Waals surface area (Å²) >= 11 is 0. The summed E-state index contributed by atoms with van der Waals surface area (Å²) in [5.74, 6) is 1.28. The van der Waals surface area contributed by atoms with Crippen LogP contribution in [0.25, 0.3) is 0 Å². The molecule has 124 valence electrons. The summed E-state index contributed by atoms with van der Waals surface area (Å²) in [5.41, 5.74) is 2.06. The Morgan fingerprint density at radius 3 is 2.57 bits per heavy atom. The molecule has 0 aromatic heterocycles. The van der Waals surface area contributed by atoms with Crippen LogP contribution in [0.2, 0.25) is 0 Å². The highest BCUT2D eigenvalue weighted by Gasteiger charge is 2.08. The molecule has 23 heavy (non-hydrogen) atoms. The highest BCUT2D eigenvalue weighted by Crippen LogP contribution is 2.27. The molecule has 0 amide bonds. The fourth-order valence-electron chi connectivity index (χ4n) is 2.25. The molecule has 0 spiro atoms. The first-order valence-corrected chi connectivity index (χ1v) is 7.49. The maximum atomic E-state index is 9.62. The van der Waals surface area contributed by atoms with Crippen molar-refractivity contribution in [3.8, 4) is 17.2 Å². The molecule has 0 heterocycles. The van der Waals surface area contributed by atoms with E-state index in [2.05, 4.69) is 0 Å². The molecule has 0 saturated carbocycles. The van der Waals surface area contributed by atoms with Crippen molar-refractivity contribution in [3.63, 3.8) is 0 Å². The van der Waals surface area contributed by atoms with E-state index in [1.54, 1.807) is 6.07 Å². The molecule has 2 rings (SSSR count). The van der Waals surface area contributed by atoms with Gasteiger partial charge in [0.25, 0.3) is 0 Å². The van der Waals surface area contributed by atoms with Gasteiger partial charge in [-0.15, -0.1) is 0 Å². The molecular formula is C18H22O5. The van der Waals surface area contributed by atoms with Crippen LogP contribution in [0.1, 0.15) is 11.1 Å². The first kappa shape index (κ1) is 17.1. The summed E-state index contributed by atoms with van der Waals surface area (Å²) in [6.45, 7) is -0.268. The summed E-state index contributed by atoms with van der Waals surface area (Å²) in [7, 11) is 1.52. The zero-order chi connectivity index (χ0) is 16.7. The normalized spacial score (nSPS) is 12.0. The Labute approximate surface area is 135 Å². The zero-order valence-electron chi connectivity index (χ0n) is 13.1. The number of ether oxygens (including phenoxy) is 2. The van der Waals surface area contributed by atoms with Crippen LogP contribution in [0, 0.1) is 0 Å². The fraction of sp³-hybridized carbons (Fsp3) is 0.333. The van der Waals surface area contributed by atoms with Gasteiger partial charge < -0.3 is 24.8 Å². The lowest BCUT2D eigenvalue weighted by Gasteiger charge is -2.14. The summed E-state index contributed by atoms with van der Waals surface area (Å²) in [6, 6.07) is 12.9. The maximum Gasteiger partial charge on any atom is 0.160 e. The van der Waals surface area contributed by atoms with Crippen molar-refractivity contribution >= 4 is 0 Å². The topological polar surface area (TPSA) is 79.2 Å². The van der Waals surface area contributed by atoms with Crippen molar-refractivity contribution in [1.29, 1.82) is 0 Å². The smallest absolute Gasteiger partial charge is 0.160 e. The summed E-state index contributed by atoms with van der Waals surface area (Å²) < 4.78 is 10.7. The van der Waals surface area contributed by atoms with E-state index in [9.17, 15) is 10.2 Å². The van der Waals surface area contributed by atoms with Gasteiger partial charge in [0, 0.05) is 0 Å². The second-order valence-electron chi connectivity index (χ2n) is 5.26. The third kappa shape index (κ3) is 4.87. The number of benzene rings is 2. The average molecular weight is 318 g/mol. The molecule has 0 saturated heterocycles. The molecule has 0 aliphatic carbocycles. The van der Waals surface area contributed by atoms with Crippen molar-refractivity contribution in [2.45, 2.75) is 18.9 Å². The van der Waals surface area contributed by atoms with Gasteiger partial charge in [0.2, 0.25) is 0 Å². The minimum absolute atomic E-state index is 0.0561. The number of hydrogen-bond donors (Lipinski definition) is 3. The third-order valence-corrected chi connectivity index (χ3v) is 3.54. The number of aliphatic hydroxyl groups is 2. The molecule has 0 aliphatic heterocycles. The largest absolute Gasteiger partial charge is 0.504 e. The lowest BCUT2D eigenvalue weighted by molar-refractivity contribution is 0.0533. The summed E-state index contributed by atoms with van der Waals surface area (Å²) in [5, 5.41) is 27.9. The number of phenolic OH excluding ortho intramolecular Hbond substituents is 1. The fourth-order valence-corrected chi connectivity index (χ4v) is 2.25. The minimum atomic E-state index is -0.885. The van der Waals surface area contributed by atoms with Crippen LogP contribution in [0.3, 0.4) is 0 Å². The Bertz CT molecular complexity index is 627. The molecule has 0 fully saturated rings. The van der Waals surface area contributed by atoms with Crippen molar-refractivity contribution in [2.75, 3.05) is 20.3 Å². The van der Waals surface area contributed by atoms with Crippen molar-refractivity contribution in [2.24, 2.45) is 0 Å². The Morgan fingerprint density at radius 1 is 1.04 bits per heavy atom. The van der Waals surface area contributed by atoms with Crippen LogP contribution in [0.5, 0.6) is 17.2 Å². The van der Waals surface area contributed by atoms with Gasteiger partial charge in [-0.1, -0.05) is 24.3 Å². The van der Waals surface area contributed by atoms with Crippen molar-refractivity contribution in [1.82, 2.24) is 0 Å². The SMILES string of the molecule is COc1cc(CCc2ccccc2OC[C@@H](O)CO)ccc1O. The molecule has 5 nitrogen and oxygen atoms in total. The van der Waals surface area contributed by atoms with E-state index in [0.29, 0.717) is 11.5 Å². The van der Waals surface area contributed by atoms with E-state index in [1.165, 1.54) is 7.11 Å². The van der Waals surface area contributed by atoms with Gasteiger partial charge in [0.15, 0.2) is 11.5 Å². The van der Waals surface area contributed by atoms with E-state index < -0.39 is 6.10 Å². The Hall–Kier alpha value is -2.24. The van der Waals surface area contributed by atoms with Gasteiger partial charge in [0.1, 0.15) is 18.5 Å². The predicted molar refractivity (Wildman–Crippen MR) is 87.1 cm³/mol. The zero-order valence-corrected chi connectivity index (χ0v) is 13.1.